The van der Waals surface area contributed by atoms with Crippen LogP contribution in [0.4, 0.5) is 0 Å². The van der Waals surface area contributed by atoms with Crippen molar-refractivity contribution in [2.75, 3.05) is 19.4 Å². The van der Waals surface area contributed by atoms with Crippen molar-refractivity contribution in [1.29, 1.82) is 0 Å². The molecule has 8 heteroatoms. The molecular formula is C10H18N2O5P. The van der Waals surface area contributed by atoms with Crippen molar-refractivity contribution in [3.05, 3.63) is 18.0 Å². The molecule has 0 amide bonds. The van der Waals surface area contributed by atoms with E-state index in [1.54, 1.807) is 20.0 Å². The molecule has 7 nitrogen and oxygen atoms in total. The zero-order valence-corrected chi connectivity index (χ0v) is 11.4. The highest BCUT2D eigenvalue weighted by atomic mass is 31.2. The highest BCUT2D eigenvalue weighted by molar-refractivity contribution is 7.53. The number of nitrogens with zero attached hydrogens (tertiary/aromatic N) is 1. The van der Waals surface area contributed by atoms with Crippen LogP contribution in [0.15, 0.2) is 6.20 Å². The summed E-state index contributed by atoms with van der Waals surface area (Å²) in [7, 11) is -3.36. The van der Waals surface area contributed by atoms with Gasteiger partial charge in [-0.25, -0.2) is 9.78 Å². The number of hydrogen-bond donors (Lipinski definition) is 1. The molecule has 1 N–H and O–H groups in total. The van der Waals surface area contributed by atoms with Gasteiger partial charge in [0.15, 0.2) is 0 Å². The minimum atomic E-state index is -3.36. The van der Waals surface area contributed by atoms with E-state index in [2.05, 4.69) is 26.2 Å². The predicted octanol–water partition coefficient (Wildman–Crippen LogP) is 2.27. The molecule has 103 valence electrons. The molecule has 0 saturated carbocycles. The van der Waals surface area contributed by atoms with Gasteiger partial charge in [-0.1, -0.05) is 0 Å². The zero-order chi connectivity index (χ0) is 13.3. The van der Waals surface area contributed by atoms with Crippen LogP contribution in [-0.4, -0.2) is 29.6 Å². The van der Waals surface area contributed by atoms with Crippen molar-refractivity contribution in [3.63, 3.8) is 0 Å². The van der Waals surface area contributed by atoms with E-state index in [1.807, 2.05) is 0 Å². The number of rotatable bonds is 10. The molecule has 0 aliphatic heterocycles. The lowest BCUT2D eigenvalue weighted by Crippen LogP contribution is -2.03. The summed E-state index contributed by atoms with van der Waals surface area (Å²) >= 11 is 0. The van der Waals surface area contributed by atoms with Crippen molar-refractivity contribution < 1.29 is 23.7 Å². The molecule has 0 fully saturated rings. The van der Waals surface area contributed by atoms with E-state index in [0.29, 0.717) is 12.8 Å². The lowest BCUT2D eigenvalue weighted by molar-refractivity contribution is -0.263. The quantitative estimate of drug-likeness (QED) is 0.401. The number of aromatic nitrogens is 2. The Labute approximate surface area is 106 Å². The van der Waals surface area contributed by atoms with Gasteiger partial charge < -0.3 is 0 Å². The van der Waals surface area contributed by atoms with E-state index in [4.69, 9.17) is 9.35 Å². The largest absolute Gasteiger partial charge is 0.384 e. The maximum atomic E-state index is 12.1. The summed E-state index contributed by atoms with van der Waals surface area (Å²) in [5, 5.41) is 6.36. The van der Waals surface area contributed by atoms with Crippen molar-refractivity contribution in [2.24, 2.45) is 0 Å². The van der Waals surface area contributed by atoms with E-state index < -0.39 is 7.60 Å². The first-order valence-corrected chi connectivity index (χ1v) is 7.54. The summed E-state index contributed by atoms with van der Waals surface area (Å²) in [5.74, 6) is 0. The Bertz CT molecular complexity index is 345. The number of aromatic amines is 1. The number of nitrogens with one attached hydrogen (secondary N) is 1. The van der Waals surface area contributed by atoms with Gasteiger partial charge in [-0.15, -0.1) is 9.35 Å². The fourth-order valence-electron chi connectivity index (χ4n) is 1.19. The average Bonchev–Trinajstić information content (AvgIpc) is 2.87. The first-order chi connectivity index (χ1) is 8.70. The molecule has 1 radical (unpaired) electrons. The summed E-state index contributed by atoms with van der Waals surface area (Å²) in [4.78, 5) is 9.38. The first-order valence-electron chi connectivity index (χ1n) is 5.82. The summed E-state index contributed by atoms with van der Waals surface area (Å²) < 4.78 is 21.7. The van der Waals surface area contributed by atoms with E-state index in [-0.39, 0.29) is 19.4 Å². The minimum Gasteiger partial charge on any atom is -0.285 e. The van der Waals surface area contributed by atoms with Crippen LogP contribution >= 0.6 is 7.60 Å². The van der Waals surface area contributed by atoms with Crippen molar-refractivity contribution in [2.45, 2.75) is 26.7 Å². The van der Waals surface area contributed by atoms with Gasteiger partial charge in [-0.2, -0.15) is 5.10 Å². The molecule has 0 spiro atoms. The summed E-state index contributed by atoms with van der Waals surface area (Å²) in [6.07, 6.45) is 5.97. The second-order valence-electron chi connectivity index (χ2n) is 3.42. The summed E-state index contributed by atoms with van der Waals surface area (Å²) in [6.45, 7) is 4.03. The molecule has 0 unspecified atom stereocenters. The van der Waals surface area contributed by atoms with Crippen LogP contribution in [0.25, 0.3) is 0 Å². The number of H-pyrrole nitrogens is 1. The van der Waals surface area contributed by atoms with Crippen LogP contribution in [0.2, 0.25) is 0 Å². The Hall–Kier alpha value is -0.720. The SMILES string of the molecule is CCOOP(=O)(CCCc1[c]n[nH]c1)OOCC. The smallest absolute Gasteiger partial charge is 0.285 e. The lowest BCUT2D eigenvalue weighted by Gasteiger charge is -2.14. The van der Waals surface area contributed by atoms with Crippen molar-refractivity contribution >= 4 is 7.60 Å². The van der Waals surface area contributed by atoms with Gasteiger partial charge in [-0.3, -0.25) is 9.66 Å². The number of hydrogen-bond acceptors (Lipinski definition) is 6. The molecule has 0 saturated heterocycles. The van der Waals surface area contributed by atoms with Crippen molar-refractivity contribution in [1.82, 2.24) is 10.2 Å². The standard InChI is InChI=1S/C10H18N2O5P/c1-3-14-16-18(13,17-15-4-2)7-5-6-10-8-11-12-9-10/h8H,3-7H2,1-2H3,(H,11,12). The van der Waals surface area contributed by atoms with Gasteiger partial charge in [0.05, 0.1) is 19.4 Å². The second-order valence-corrected chi connectivity index (χ2v) is 5.39. The molecule has 0 bridgehead atoms. The van der Waals surface area contributed by atoms with Crippen LogP contribution in [-0.2, 0) is 30.1 Å². The molecule has 1 aromatic heterocycles. The maximum Gasteiger partial charge on any atom is 0.384 e. The Kier molecular flexibility index (Phi) is 7.15. The predicted molar refractivity (Wildman–Crippen MR) is 63.6 cm³/mol. The maximum absolute atomic E-state index is 12.1. The number of aryl methyl sites for hydroxylation is 1. The Morgan fingerprint density at radius 2 is 2.00 bits per heavy atom. The van der Waals surface area contributed by atoms with Gasteiger partial charge in [0.2, 0.25) is 0 Å². The van der Waals surface area contributed by atoms with E-state index in [1.165, 1.54) is 0 Å². The molecule has 0 aromatic carbocycles. The molecular weight excluding hydrogens is 259 g/mol. The molecule has 1 heterocycles. The zero-order valence-electron chi connectivity index (χ0n) is 10.5. The monoisotopic (exact) mass is 277 g/mol. The normalized spacial score (nSPS) is 11.9. The highest BCUT2D eigenvalue weighted by Gasteiger charge is 2.27. The summed E-state index contributed by atoms with van der Waals surface area (Å²) in [6, 6.07) is 0. The fraction of sp³-hybridized carbons (Fsp3) is 0.700. The van der Waals surface area contributed by atoms with Crippen molar-refractivity contribution in [3.8, 4) is 0 Å². The molecule has 0 aliphatic rings. The molecule has 0 aliphatic carbocycles. The fourth-order valence-corrected chi connectivity index (χ4v) is 2.44. The third-order valence-electron chi connectivity index (χ3n) is 1.95. The van der Waals surface area contributed by atoms with Gasteiger partial charge in [-0.05, 0) is 32.3 Å². The molecule has 0 atom stereocenters. The van der Waals surface area contributed by atoms with E-state index in [0.717, 1.165) is 5.56 Å². The first kappa shape index (κ1) is 15.3. The topological polar surface area (TPSA) is 82.7 Å². The van der Waals surface area contributed by atoms with Crippen LogP contribution in [0.5, 0.6) is 0 Å². The third kappa shape index (κ3) is 5.75. The Morgan fingerprint density at radius 1 is 1.33 bits per heavy atom. The van der Waals surface area contributed by atoms with Gasteiger partial charge >= 0.3 is 7.60 Å². The average molecular weight is 277 g/mol. The van der Waals surface area contributed by atoms with Crippen LogP contribution in [0.3, 0.4) is 0 Å². The second kappa shape index (κ2) is 8.39. The van der Waals surface area contributed by atoms with Gasteiger partial charge in [0.25, 0.3) is 0 Å². The van der Waals surface area contributed by atoms with Crippen LogP contribution < -0.4 is 0 Å². The van der Waals surface area contributed by atoms with E-state index >= 15 is 0 Å². The van der Waals surface area contributed by atoms with E-state index in [9.17, 15) is 4.57 Å². The van der Waals surface area contributed by atoms with Crippen LogP contribution in [0.1, 0.15) is 25.8 Å². The Balaban J connectivity index is 2.37. The molecule has 1 rings (SSSR count). The minimum absolute atomic E-state index is 0.200. The van der Waals surface area contributed by atoms with Crippen LogP contribution in [0, 0.1) is 6.20 Å². The van der Waals surface area contributed by atoms with Gasteiger partial charge in [0.1, 0.15) is 6.20 Å². The highest BCUT2D eigenvalue weighted by Crippen LogP contribution is 2.49. The molecule has 18 heavy (non-hydrogen) atoms. The lowest BCUT2D eigenvalue weighted by atomic mass is 10.2. The molecule has 1 aromatic rings. The third-order valence-corrected chi connectivity index (χ3v) is 3.48. The van der Waals surface area contributed by atoms with Gasteiger partial charge in [0, 0.05) is 6.20 Å². The summed E-state index contributed by atoms with van der Waals surface area (Å²) in [5.41, 5.74) is 0.911. The Morgan fingerprint density at radius 3 is 2.50 bits per heavy atom.